The highest BCUT2D eigenvalue weighted by atomic mass is 79.9. The van der Waals surface area contributed by atoms with Gasteiger partial charge in [-0.15, -0.1) is 0 Å². The fourth-order valence-electron chi connectivity index (χ4n) is 2.41. The van der Waals surface area contributed by atoms with Crippen molar-refractivity contribution >= 4 is 15.9 Å². The van der Waals surface area contributed by atoms with Crippen molar-refractivity contribution in [1.82, 2.24) is 9.78 Å². The molecule has 2 saturated carbocycles. The molecule has 12 heavy (non-hydrogen) atoms. The SMILES string of the molecule is Brc1cnn([C@H]2C[C@H]3C[C@H]3C2)c1. The Morgan fingerprint density at radius 1 is 1.33 bits per heavy atom. The third kappa shape index (κ3) is 1.03. The number of aromatic nitrogens is 2. The summed E-state index contributed by atoms with van der Waals surface area (Å²) in [6, 6.07) is 0.694. The van der Waals surface area contributed by atoms with E-state index in [0.717, 1.165) is 16.3 Å². The lowest BCUT2D eigenvalue weighted by Gasteiger charge is -2.11. The molecule has 0 bridgehead atoms. The van der Waals surface area contributed by atoms with E-state index in [2.05, 4.69) is 31.9 Å². The molecule has 0 spiro atoms. The van der Waals surface area contributed by atoms with Crippen LogP contribution in [0.2, 0.25) is 0 Å². The number of fused-ring (bicyclic) bond motifs is 1. The van der Waals surface area contributed by atoms with Crippen molar-refractivity contribution in [3.05, 3.63) is 16.9 Å². The molecule has 2 nitrogen and oxygen atoms in total. The van der Waals surface area contributed by atoms with Crippen LogP contribution in [-0.4, -0.2) is 9.78 Å². The Kier molecular flexibility index (Phi) is 1.39. The molecule has 3 atom stereocenters. The molecular formula is C9H11BrN2. The molecule has 64 valence electrons. The smallest absolute Gasteiger partial charge is 0.0632 e. The fraction of sp³-hybridized carbons (Fsp3) is 0.667. The summed E-state index contributed by atoms with van der Waals surface area (Å²) in [5.74, 6) is 2.08. The second-order valence-corrected chi connectivity index (χ2v) is 4.94. The highest BCUT2D eigenvalue weighted by Gasteiger charge is 2.46. The third-order valence-electron chi connectivity index (χ3n) is 3.16. The Morgan fingerprint density at radius 3 is 2.67 bits per heavy atom. The molecular weight excluding hydrogens is 216 g/mol. The first kappa shape index (κ1) is 7.13. The van der Waals surface area contributed by atoms with Crippen LogP contribution in [-0.2, 0) is 0 Å². The second kappa shape index (κ2) is 2.34. The van der Waals surface area contributed by atoms with E-state index in [1.54, 1.807) is 0 Å². The Hall–Kier alpha value is -0.310. The van der Waals surface area contributed by atoms with Crippen LogP contribution in [0.5, 0.6) is 0 Å². The number of hydrogen-bond donors (Lipinski definition) is 0. The maximum Gasteiger partial charge on any atom is 0.0632 e. The number of nitrogens with zero attached hydrogens (tertiary/aromatic N) is 2. The summed E-state index contributed by atoms with van der Waals surface area (Å²) in [4.78, 5) is 0. The lowest BCUT2D eigenvalue weighted by Crippen LogP contribution is -2.06. The molecule has 0 saturated heterocycles. The molecule has 3 heteroatoms. The summed E-state index contributed by atoms with van der Waals surface area (Å²) in [5.41, 5.74) is 0. The Morgan fingerprint density at radius 2 is 2.08 bits per heavy atom. The molecule has 0 aliphatic heterocycles. The van der Waals surface area contributed by atoms with E-state index in [1.165, 1.54) is 19.3 Å². The summed E-state index contributed by atoms with van der Waals surface area (Å²) >= 11 is 3.42. The third-order valence-corrected chi connectivity index (χ3v) is 3.57. The second-order valence-electron chi connectivity index (χ2n) is 4.02. The lowest BCUT2D eigenvalue weighted by atomic mass is 10.2. The minimum Gasteiger partial charge on any atom is -0.269 e. The van der Waals surface area contributed by atoms with Gasteiger partial charge in [0.05, 0.1) is 16.7 Å². The maximum absolute atomic E-state index is 4.32. The topological polar surface area (TPSA) is 17.8 Å². The van der Waals surface area contributed by atoms with Gasteiger partial charge in [-0.2, -0.15) is 5.10 Å². The van der Waals surface area contributed by atoms with E-state index >= 15 is 0 Å². The predicted octanol–water partition coefficient (Wildman–Crippen LogP) is 2.62. The zero-order valence-corrected chi connectivity index (χ0v) is 8.37. The van der Waals surface area contributed by atoms with Crippen LogP contribution in [0.15, 0.2) is 16.9 Å². The minimum atomic E-state index is 0.694. The maximum atomic E-state index is 4.32. The molecule has 1 heterocycles. The molecule has 1 aromatic rings. The molecule has 0 N–H and O–H groups in total. The average molecular weight is 227 g/mol. The fourth-order valence-corrected chi connectivity index (χ4v) is 2.71. The summed E-state index contributed by atoms with van der Waals surface area (Å²) in [5, 5.41) is 4.32. The van der Waals surface area contributed by atoms with Crippen molar-refractivity contribution in [2.24, 2.45) is 11.8 Å². The van der Waals surface area contributed by atoms with Crippen LogP contribution in [0.3, 0.4) is 0 Å². The van der Waals surface area contributed by atoms with Gasteiger partial charge in [0.1, 0.15) is 0 Å². The van der Waals surface area contributed by atoms with Crippen LogP contribution < -0.4 is 0 Å². The highest BCUT2D eigenvalue weighted by molar-refractivity contribution is 9.10. The van der Waals surface area contributed by atoms with Gasteiger partial charge in [-0.1, -0.05) is 0 Å². The molecule has 2 aliphatic rings. The van der Waals surface area contributed by atoms with Crippen molar-refractivity contribution in [1.29, 1.82) is 0 Å². The predicted molar refractivity (Wildman–Crippen MR) is 49.8 cm³/mol. The molecule has 0 aromatic carbocycles. The van der Waals surface area contributed by atoms with E-state index < -0.39 is 0 Å². The molecule has 0 amide bonds. The number of rotatable bonds is 1. The van der Waals surface area contributed by atoms with Crippen molar-refractivity contribution in [3.63, 3.8) is 0 Å². The van der Waals surface area contributed by atoms with Gasteiger partial charge in [0.25, 0.3) is 0 Å². The quantitative estimate of drug-likeness (QED) is 0.721. The molecule has 0 radical (unpaired) electrons. The Balaban J connectivity index is 1.81. The van der Waals surface area contributed by atoms with Crippen molar-refractivity contribution in [2.75, 3.05) is 0 Å². The van der Waals surface area contributed by atoms with E-state index in [1.807, 2.05) is 6.20 Å². The average Bonchev–Trinajstić information content (AvgIpc) is 2.49. The zero-order valence-electron chi connectivity index (χ0n) is 6.78. The van der Waals surface area contributed by atoms with Crippen LogP contribution >= 0.6 is 15.9 Å². The number of halogens is 1. The van der Waals surface area contributed by atoms with Crippen molar-refractivity contribution in [3.8, 4) is 0 Å². The normalized spacial score (nSPS) is 38.2. The highest BCUT2D eigenvalue weighted by Crippen LogP contribution is 2.55. The zero-order chi connectivity index (χ0) is 8.13. The van der Waals surface area contributed by atoms with Gasteiger partial charge in [0.2, 0.25) is 0 Å². The van der Waals surface area contributed by atoms with E-state index in [0.29, 0.717) is 6.04 Å². The van der Waals surface area contributed by atoms with Gasteiger partial charge in [-0.05, 0) is 47.0 Å². The first-order valence-electron chi connectivity index (χ1n) is 4.52. The van der Waals surface area contributed by atoms with E-state index in [9.17, 15) is 0 Å². The van der Waals surface area contributed by atoms with Crippen LogP contribution in [0.1, 0.15) is 25.3 Å². The van der Waals surface area contributed by atoms with E-state index in [4.69, 9.17) is 0 Å². The molecule has 0 unspecified atom stereocenters. The first-order valence-corrected chi connectivity index (χ1v) is 5.32. The molecule has 2 aliphatic carbocycles. The van der Waals surface area contributed by atoms with Gasteiger partial charge < -0.3 is 0 Å². The first-order chi connectivity index (χ1) is 5.83. The van der Waals surface area contributed by atoms with Crippen LogP contribution in [0.25, 0.3) is 0 Å². The Bertz CT molecular complexity index is 297. The molecule has 1 aromatic heterocycles. The van der Waals surface area contributed by atoms with Crippen LogP contribution in [0.4, 0.5) is 0 Å². The van der Waals surface area contributed by atoms with Gasteiger partial charge >= 0.3 is 0 Å². The number of hydrogen-bond acceptors (Lipinski definition) is 1. The summed E-state index contributed by atoms with van der Waals surface area (Å²) < 4.78 is 3.22. The van der Waals surface area contributed by atoms with Crippen molar-refractivity contribution in [2.45, 2.75) is 25.3 Å². The van der Waals surface area contributed by atoms with Crippen molar-refractivity contribution < 1.29 is 0 Å². The lowest BCUT2D eigenvalue weighted by molar-refractivity contribution is 0.426. The largest absolute Gasteiger partial charge is 0.269 e. The van der Waals surface area contributed by atoms with Gasteiger partial charge in [0, 0.05) is 6.20 Å². The van der Waals surface area contributed by atoms with E-state index in [-0.39, 0.29) is 0 Å². The summed E-state index contributed by atoms with van der Waals surface area (Å²) in [7, 11) is 0. The molecule has 3 rings (SSSR count). The standard InChI is InChI=1S/C9H11BrN2/c10-8-4-11-12(5-8)9-2-6-1-7(6)3-9/h4-7,9H,1-3H2/t6-,7+,9+. The Labute approximate surface area is 80.1 Å². The van der Waals surface area contributed by atoms with Gasteiger partial charge in [0.15, 0.2) is 0 Å². The van der Waals surface area contributed by atoms with Gasteiger partial charge in [-0.3, -0.25) is 4.68 Å². The monoisotopic (exact) mass is 226 g/mol. The molecule has 2 fully saturated rings. The summed E-state index contributed by atoms with van der Waals surface area (Å²) in [6.07, 6.45) is 8.18. The van der Waals surface area contributed by atoms with Gasteiger partial charge in [-0.25, -0.2) is 0 Å². The van der Waals surface area contributed by atoms with Crippen LogP contribution in [0, 0.1) is 11.8 Å². The minimum absolute atomic E-state index is 0.694. The summed E-state index contributed by atoms with van der Waals surface area (Å²) in [6.45, 7) is 0.